The van der Waals surface area contributed by atoms with Crippen molar-refractivity contribution in [2.24, 2.45) is 22.7 Å². The molecule has 9 N–H and O–H groups in total. The van der Waals surface area contributed by atoms with Crippen LogP contribution < -0.4 is 26.8 Å². The number of carboxylic acid groups (broad SMARTS) is 1. The van der Waals surface area contributed by atoms with E-state index in [1.807, 2.05) is 6.07 Å². The average Bonchev–Trinajstić information content (AvgIpc) is 3.65. The number of amidine groups is 1. The molecule has 1 saturated heterocycles. The Balaban J connectivity index is 1.30. The summed E-state index contributed by atoms with van der Waals surface area (Å²) in [5.41, 5.74) is 8.67. The van der Waals surface area contributed by atoms with E-state index in [0.29, 0.717) is 47.7 Å². The molecule has 0 spiro atoms. The fourth-order valence-corrected chi connectivity index (χ4v) is 6.79. The van der Waals surface area contributed by atoms with Crippen LogP contribution in [0.2, 0.25) is 0 Å². The zero-order chi connectivity index (χ0) is 35.9. The lowest BCUT2D eigenvalue weighted by Gasteiger charge is -2.50. The van der Waals surface area contributed by atoms with Gasteiger partial charge in [0.15, 0.2) is 16.9 Å². The third-order valence-electron chi connectivity index (χ3n) is 8.91. The number of carboxylic acids is 1. The summed E-state index contributed by atoms with van der Waals surface area (Å²) in [5.74, 6) is -1.67. The fourth-order valence-electron chi connectivity index (χ4n) is 5.79. The number of nitrogens with two attached hydrogens (primary N) is 2. The molecule has 5 rings (SSSR count). The minimum atomic E-state index is -5.03. The SMILES string of the molecule is CC1(C)[C@H](NC(=O)/C(=N\O[C@](C)(C(=O)O)[C@H]2CCc3cc(C(=N)NC[C@H]4C[C@@H]4CCN)ccc3O2)c2csc(N)n2)C(=O)N1OS(=O)(=O)O. The zero-order valence-corrected chi connectivity index (χ0v) is 28.5. The number of hydroxylamine groups is 2. The number of aliphatic carboxylic acids is 1. The Hall–Kier alpha value is -4.37. The molecule has 1 aliphatic carbocycles. The maximum Gasteiger partial charge on any atom is 0.418 e. The molecule has 1 saturated carbocycles. The summed E-state index contributed by atoms with van der Waals surface area (Å²) in [6.07, 6.45) is 1.60. The van der Waals surface area contributed by atoms with Crippen molar-refractivity contribution < 1.29 is 46.3 Å². The number of anilines is 1. The predicted molar refractivity (Wildman–Crippen MR) is 175 cm³/mol. The van der Waals surface area contributed by atoms with Gasteiger partial charge in [-0.25, -0.2) is 9.78 Å². The zero-order valence-electron chi connectivity index (χ0n) is 26.8. The molecule has 1 aromatic heterocycles. The number of amides is 2. The Labute approximate surface area is 285 Å². The van der Waals surface area contributed by atoms with Crippen molar-refractivity contribution in [3.63, 3.8) is 0 Å². The number of rotatable bonds is 14. The fraction of sp³-hybridized carbons (Fsp3) is 0.517. The van der Waals surface area contributed by atoms with Crippen LogP contribution in [0.15, 0.2) is 28.7 Å². The molecule has 20 heteroatoms. The summed E-state index contributed by atoms with van der Waals surface area (Å²) in [6, 6.07) is 3.85. The van der Waals surface area contributed by atoms with E-state index in [1.54, 1.807) is 12.1 Å². The van der Waals surface area contributed by atoms with E-state index in [4.69, 9.17) is 31.0 Å². The molecule has 266 valence electrons. The van der Waals surface area contributed by atoms with Gasteiger partial charge in [-0.1, -0.05) is 5.16 Å². The van der Waals surface area contributed by atoms with Crippen LogP contribution in [-0.2, 0) is 40.3 Å². The number of fused-ring (bicyclic) bond motifs is 1. The summed E-state index contributed by atoms with van der Waals surface area (Å²) in [6.45, 7) is 5.32. The lowest BCUT2D eigenvalue weighted by atomic mass is 9.84. The van der Waals surface area contributed by atoms with Gasteiger partial charge in [0.05, 0.1) is 5.54 Å². The molecule has 0 unspecified atom stereocenters. The topological polar surface area (TPSA) is 282 Å². The lowest BCUT2D eigenvalue weighted by Crippen LogP contribution is -2.76. The molecular formula is C29H38N8O10S2. The number of carbonyl (C=O) groups is 3. The maximum absolute atomic E-state index is 13.4. The van der Waals surface area contributed by atoms with Crippen LogP contribution in [0.5, 0.6) is 5.75 Å². The van der Waals surface area contributed by atoms with Crippen molar-refractivity contribution in [3.05, 3.63) is 40.4 Å². The number of hydrogen-bond donors (Lipinski definition) is 7. The normalized spacial score (nSPS) is 24.1. The van der Waals surface area contributed by atoms with Gasteiger partial charge in [0.1, 0.15) is 23.3 Å². The van der Waals surface area contributed by atoms with Gasteiger partial charge in [-0.3, -0.25) is 19.6 Å². The first kappa shape index (κ1) is 35.9. The van der Waals surface area contributed by atoms with E-state index in [2.05, 4.69) is 25.1 Å². The first-order chi connectivity index (χ1) is 22.9. The molecule has 5 atom stereocenters. The van der Waals surface area contributed by atoms with Crippen LogP contribution in [0.3, 0.4) is 0 Å². The van der Waals surface area contributed by atoms with Gasteiger partial charge in [0.25, 0.3) is 17.4 Å². The maximum atomic E-state index is 13.4. The highest BCUT2D eigenvalue weighted by Crippen LogP contribution is 2.40. The Morgan fingerprint density at radius 3 is 2.67 bits per heavy atom. The molecule has 49 heavy (non-hydrogen) atoms. The Bertz CT molecular complexity index is 1800. The Kier molecular flexibility index (Phi) is 9.90. The molecular weight excluding hydrogens is 684 g/mol. The van der Waals surface area contributed by atoms with Crippen molar-refractivity contribution >= 4 is 56.2 Å². The first-order valence-corrected chi connectivity index (χ1v) is 17.5. The van der Waals surface area contributed by atoms with Gasteiger partial charge in [-0.05, 0) is 88.6 Å². The number of hydrogen-bond acceptors (Lipinski definition) is 14. The van der Waals surface area contributed by atoms with Crippen molar-refractivity contribution in [2.75, 3.05) is 18.8 Å². The minimum Gasteiger partial charge on any atom is -0.485 e. The number of benzene rings is 1. The number of carbonyl (C=O) groups excluding carboxylic acids is 2. The summed E-state index contributed by atoms with van der Waals surface area (Å²) in [7, 11) is -5.03. The monoisotopic (exact) mass is 722 g/mol. The molecule has 3 heterocycles. The molecule has 3 aliphatic rings. The van der Waals surface area contributed by atoms with E-state index >= 15 is 0 Å². The standard InChI is InChI=1S/C29H38N8O10S2/c1-28(2)22(25(39)37(28)47-49(42,43)44)35-24(38)21(18-13-48-27(32)34-18)36-46-29(3,26(40)41)20-7-5-15-11-16(4-6-19(15)45-20)23(31)33-12-17-10-14(17)8-9-30/h4,6,11,13-14,17,20,22H,5,7-10,12,30H2,1-3H3,(H2,31,33)(H2,32,34)(H,35,38)(H,40,41)(H,42,43,44)/b36-21-/t14-,17+,20+,22+,29-/m0/s1. The summed E-state index contributed by atoms with van der Waals surface area (Å²) in [4.78, 5) is 48.3. The number of β-lactam (4-membered cyclic amide) rings is 1. The van der Waals surface area contributed by atoms with E-state index in [-0.39, 0.29) is 23.1 Å². The number of aryl methyl sites for hydroxylation is 1. The number of aromatic nitrogens is 1. The van der Waals surface area contributed by atoms with Crippen LogP contribution in [0.25, 0.3) is 0 Å². The number of ether oxygens (including phenoxy) is 1. The van der Waals surface area contributed by atoms with E-state index in [0.717, 1.165) is 29.7 Å². The highest BCUT2D eigenvalue weighted by molar-refractivity contribution is 7.80. The van der Waals surface area contributed by atoms with Crippen LogP contribution in [0, 0.1) is 17.2 Å². The quantitative estimate of drug-likeness (QED) is 0.0458. The Morgan fingerprint density at radius 2 is 2.06 bits per heavy atom. The second-order valence-electron chi connectivity index (χ2n) is 12.8. The highest BCUT2D eigenvalue weighted by Gasteiger charge is 2.58. The van der Waals surface area contributed by atoms with Gasteiger partial charge >= 0.3 is 16.4 Å². The number of nitrogen functional groups attached to an aromatic ring is 1. The number of oxime groups is 1. The lowest BCUT2D eigenvalue weighted by molar-refractivity contribution is -0.218. The molecule has 2 fully saturated rings. The number of thiazole rings is 1. The molecule has 0 radical (unpaired) electrons. The molecule has 2 aromatic rings. The van der Waals surface area contributed by atoms with Gasteiger partial charge in [-0.15, -0.1) is 15.6 Å². The van der Waals surface area contributed by atoms with Crippen LogP contribution in [0.1, 0.15) is 56.9 Å². The van der Waals surface area contributed by atoms with E-state index in [1.165, 1.54) is 26.2 Å². The van der Waals surface area contributed by atoms with Crippen molar-refractivity contribution in [1.82, 2.24) is 20.7 Å². The third-order valence-corrected chi connectivity index (χ3v) is 9.92. The average molecular weight is 723 g/mol. The molecule has 1 aromatic carbocycles. The highest BCUT2D eigenvalue weighted by atomic mass is 32.3. The second-order valence-corrected chi connectivity index (χ2v) is 14.7. The van der Waals surface area contributed by atoms with E-state index < -0.39 is 57.2 Å². The smallest absolute Gasteiger partial charge is 0.418 e. The summed E-state index contributed by atoms with van der Waals surface area (Å²) in [5, 5.41) is 30.0. The molecule has 18 nitrogen and oxygen atoms in total. The van der Waals surface area contributed by atoms with Crippen molar-refractivity contribution in [2.45, 2.75) is 69.7 Å². The molecule has 2 amide bonds. The number of nitrogens with one attached hydrogen (secondary N) is 3. The van der Waals surface area contributed by atoms with Crippen molar-refractivity contribution in [1.29, 1.82) is 5.41 Å². The van der Waals surface area contributed by atoms with Crippen LogP contribution in [0.4, 0.5) is 5.13 Å². The summed E-state index contributed by atoms with van der Waals surface area (Å²) < 4.78 is 41.7. The summed E-state index contributed by atoms with van der Waals surface area (Å²) >= 11 is 0.964. The van der Waals surface area contributed by atoms with Gasteiger partial charge in [0.2, 0.25) is 0 Å². The van der Waals surface area contributed by atoms with Crippen molar-refractivity contribution in [3.8, 4) is 5.75 Å². The van der Waals surface area contributed by atoms with Gasteiger partial charge < -0.3 is 36.8 Å². The predicted octanol–water partition coefficient (Wildman–Crippen LogP) is 0.423. The van der Waals surface area contributed by atoms with Gasteiger partial charge in [-0.2, -0.15) is 13.5 Å². The minimum absolute atomic E-state index is 0.0578. The van der Waals surface area contributed by atoms with Crippen LogP contribution in [-0.4, -0.2) is 93.8 Å². The third kappa shape index (κ3) is 7.62. The van der Waals surface area contributed by atoms with Crippen LogP contribution >= 0.6 is 11.3 Å². The largest absolute Gasteiger partial charge is 0.485 e. The van der Waals surface area contributed by atoms with Gasteiger partial charge in [0, 0.05) is 17.5 Å². The van der Waals surface area contributed by atoms with E-state index in [9.17, 15) is 27.9 Å². The second kappa shape index (κ2) is 13.5. The molecule has 0 bridgehead atoms. The Morgan fingerprint density at radius 1 is 1.33 bits per heavy atom. The number of nitrogens with zero attached hydrogens (tertiary/aromatic N) is 3. The molecule has 2 aliphatic heterocycles. The first-order valence-electron chi connectivity index (χ1n) is 15.3.